The summed E-state index contributed by atoms with van der Waals surface area (Å²) in [5.41, 5.74) is 6.71. The van der Waals surface area contributed by atoms with Gasteiger partial charge in [0.1, 0.15) is 10.7 Å². The summed E-state index contributed by atoms with van der Waals surface area (Å²) in [6.07, 6.45) is 0. The molecule has 5 nitrogen and oxygen atoms in total. The van der Waals surface area contributed by atoms with E-state index in [1.54, 1.807) is 12.1 Å². The number of hydrogen-bond donors (Lipinski definition) is 3. The molecule has 1 heterocycles. The smallest absolute Gasteiger partial charge is 0.265 e. The molecule has 0 spiro atoms. The Balaban J connectivity index is 1.99. The Morgan fingerprint density at radius 2 is 2.10 bits per heavy atom. The number of rotatable bonds is 5. The highest BCUT2D eigenvalue weighted by molar-refractivity contribution is 7.18. The minimum absolute atomic E-state index is 0.223. The molecule has 7 heteroatoms. The van der Waals surface area contributed by atoms with E-state index in [0.717, 1.165) is 12.1 Å². The Morgan fingerprint density at radius 1 is 1.40 bits per heavy atom. The zero-order chi connectivity index (χ0) is 14.5. The molecular formula is C13H15ClN4OS. The number of thiazole rings is 1. The number of carbonyl (C=O) groups is 1. The largest absolute Gasteiger partial charge is 0.382 e. The number of nitrogens with one attached hydrogen (secondary N) is 2. The van der Waals surface area contributed by atoms with Gasteiger partial charge >= 0.3 is 0 Å². The molecule has 0 bridgehead atoms. The molecule has 0 radical (unpaired) electrons. The molecule has 0 aliphatic heterocycles. The van der Waals surface area contributed by atoms with E-state index in [0.29, 0.717) is 21.6 Å². The Bertz CT molecular complexity index is 597. The van der Waals surface area contributed by atoms with Crippen LogP contribution >= 0.6 is 22.9 Å². The maximum atomic E-state index is 12.0. The Morgan fingerprint density at radius 3 is 2.75 bits per heavy atom. The van der Waals surface area contributed by atoms with E-state index in [4.69, 9.17) is 17.3 Å². The van der Waals surface area contributed by atoms with Crippen LogP contribution in [0.2, 0.25) is 5.02 Å². The van der Waals surface area contributed by atoms with E-state index in [9.17, 15) is 4.79 Å². The molecule has 2 rings (SSSR count). The summed E-state index contributed by atoms with van der Waals surface area (Å²) in [6.45, 7) is 3.11. The van der Waals surface area contributed by atoms with Crippen LogP contribution in [0.1, 0.15) is 22.2 Å². The molecule has 0 saturated heterocycles. The first-order chi connectivity index (χ1) is 9.60. The lowest BCUT2D eigenvalue weighted by Crippen LogP contribution is -2.22. The third-order valence-electron chi connectivity index (χ3n) is 2.55. The number of aromatic nitrogens is 1. The third kappa shape index (κ3) is 3.61. The Labute approximate surface area is 126 Å². The molecule has 0 aliphatic carbocycles. The number of anilines is 2. The number of nitrogen functional groups attached to an aromatic ring is 1. The average Bonchev–Trinajstić information content (AvgIpc) is 2.79. The topological polar surface area (TPSA) is 80.0 Å². The lowest BCUT2D eigenvalue weighted by atomic mass is 10.2. The summed E-state index contributed by atoms with van der Waals surface area (Å²) in [7, 11) is 0. The van der Waals surface area contributed by atoms with Gasteiger partial charge < -0.3 is 16.4 Å². The number of halogens is 1. The van der Waals surface area contributed by atoms with Gasteiger partial charge in [-0.15, -0.1) is 0 Å². The van der Waals surface area contributed by atoms with Crippen LogP contribution in [0.4, 0.5) is 10.9 Å². The number of hydrogen-bond acceptors (Lipinski definition) is 5. The predicted octanol–water partition coefficient (Wildman–Crippen LogP) is 2.74. The fourth-order valence-corrected chi connectivity index (χ4v) is 2.58. The number of carbonyl (C=O) groups excluding carboxylic acids is 1. The van der Waals surface area contributed by atoms with Gasteiger partial charge in [0, 0.05) is 18.1 Å². The van der Waals surface area contributed by atoms with Gasteiger partial charge in [0.25, 0.3) is 5.91 Å². The number of amides is 1. The van der Waals surface area contributed by atoms with Crippen LogP contribution < -0.4 is 16.4 Å². The van der Waals surface area contributed by atoms with Gasteiger partial charge in [-0.05, 0) is 24.6 Å². The van der Waals surface area contributed by atoms with E-state index in [-0.39, 0.29) is 11.7 Å². The monoisotopic (exact) mass is 310 g/mol. The maximum absolute atomic E-state index is 12.0. The van der Waals surface area contributed by atoms with Gasteiger partial charge in [-0.2, -0.15) is 0 Å². The van der Waals surface area contributed by atoms with E-state index >= 15 is 0 Å². The van der Waals surface area contributed by atoms with E-state index in [1.165, 1.54) is 11.3 Å². The summed E-state index contributed by atoms with van der Waals surface area (Å²) >= 11 is 7.06. The quantitative estimate of drug-likeness (QED) is 0.793. The zero-order valence-corrected chi connectivity index (χ0v) is 12.5. The van der Waals surface area contributed by atoms with Crippen LogP contribution in [0.5, 0.6) is 0 Å². The molecule has 20 heavy (non-hydrogen) atoms. The van der Waals surface area contributed by atoms with Crippen LogP contribution in [0.3, 0.4) is 0 Å². The number of nitrogens with zero attached hydrogens (tertiary/aromatic N) is 1. The molecule has 0 unspecified atom stereocenters. The van der Waals surface area contributed by atoms with Gasteiger partial charge in [-0.1, -0.05) is 35.1 Å². The van der Waals surface area contributed by atoms with Crippen molar-refractivity contribution in [2.75, 3.05) is 17.6 Å². The maximum Gasteiger partial charge on any atom is 0.265 e. The van der Waals surface area contributed by atoms with Crippen LogP contribution in [0.15, 0.2) is 24.3 Å². The highest BCUT2D eigenvalue weighted by Crippen LogP contribution is 2.24. The first-order valence-electron chi connectivity index (χ1n) is 6.13. The first kappa shape index (κ1) is 14.6. The van der Waals surface area contributed by atoms with Crippen molar-refractivity contribution in [2.24, 2.45) is 0 Å². The van der Waals surface area contributed by atoms with Crippen LogP contribution in [-0.2, 0) is 6.54 Å². The highest BCUT2D eigenvalue weighted by Gasteiger charge is 2.15. The van der Waals surface area contributed by atoms with E-state index in [2.05, 4.69) is 15.6 Å². The number of benzene rings is 1. The minimum atomic E-state index is -0.223. The third-order valence-corrected chi connectivity index (χ3v) is 3.83. The second-order valence-corrected chi connectivity index (χ2v) is 5.51. The molecule has 0 fully saturated rings. The molecule has 2 aromatic rings. The molecule has 4 N–H and O–H groups in total. The van der Waals surface area contributed by atoms with Crippen molar-refractivity contribution in [3.8, 4) is 0 Å². The van der Waals surface area contributed by atoms with E-state index in [1.807, 2.05) is 19.1 Å². The van der Waals surface area contributed by atoms with Crippen molar-refractivity contribution in [2.45, 2.75) is 13.5 Å². The molecule has 1 amide bonds. The molecule has 0 aliphatic rings. The second-order valence-electron chi connectivity index (χ2n) is 4.07. The SMILES string of the molecule is CCNc1nc(N)c(C(=O)NCc2ccc(Cl)cc2)s1. The van der Waals surface area contributed by atoms with Crippen LogP contribution in [-0.4, -0.2) is 17.4 Å². The number of nitrogens with two attached hydrogens (primary N) is 1. The van der Waals surface area contributed by atoms with Crippen molar-refractivity contribution in [3.63, 3.8) is 0 Å². The molecular weight excluding hydrogens is 296 g/mol. The average molecular weight is 311 g/mol. The van der Waals surface area contributed by atoms with Crippen molar-refractivity contribution < 1.29 is 4.79 Å². The van der Waals surface area contributed by atoms with E-state index < -0.39 is 0 Å². The van der Waals surface area contributed by atoms with Gasteiger partial charge in [0.2, 0.25) is 0 Å². The summed E-state index contributed by atoms with van der Waals surface area (Å²) < 4.78 is 0. The molecule has 106 valence electrons. The Hall–Kier alpha value is -1.79. The standard InChI is InChI=1S/C13H15ClN4OS/c1-2-16-13-18-11(15)10(20-13)12(19)17-7-8-3-5-9(14)6-4-8/h3-6H,2,7,15H2,1H3,(H,16,18)(H,17,19). The van der Waals surface area contributed by atoms with Gasteiger partial charge in [-0.3, -0.25) is 4.79 Å². The van der Waals surface area contributed by atoms with Gasteiger partial charge in [0.05, 0.1) is 0 Å². The van der Waals surface area contributed by atoms with Crippen molar-refractivity contribution in [3.05, 3.63) is 39.7 Å². The summed E-state index contributed by atoms with van der Waals surface area (Å²) in [6, 6.07) is 7.30. The molecule has 0 atom stereocenters. The summed E-state index contributed by atoms with van der Waals surface area (Å²) in [5, 5.41) is 7.17. The second kappa shape index (κ2) is 6.58. The molecule has 1 aromatic heterocycles. The molecule has 1 aromatic carbocycles. The van der Waals surface area contributed by atoms with Crippen molar-refractivity contribution >= 4 is 39.8 Å². The normalized spacial score (nSPS) is 10.3. The van der Waals surface area contributed by atoms with Crippen LogP contribution in [0.25, 0.3) is 0 Å². The highest BCUT2D eigenvalue weighted by atomic mass is 35.5. The van der Waals surface area contributed by atoms with Gasteiger partial charge in [-0.25, -0.2) is 4.98 Å². The zero-order valence-electron chi connectivity index (χ0n) is 10.9. The summed E-state index contributed by atoms with van der Waals surface area (Å²) in [5.74, 6) is 0.0265. The fraction of sp³-hybridized carbons (Fsp3) is 0.231. The minimum Gasteiger partial charge on any atom is -0.382 e. The Kier molecular flexibility index (Phi) is 4.81. The lowest BCUT2D eigenvalue weighted by Gasteiger charge is -2.04. The van der Waals surface area contributed by atoms with Crippen molar-refractivity contribution in [1.29, 1.82) is 0 Å². The first-order valence-corrected chi connectivity index (χ1v) is 7.32. The predicted molar refractivity (Wildman–Crippen MR) is 83.3 cm³/mol. The lowest BCUT2D eigenvalue weighted by molar-refractivity contribution is 0.0955. The fourth-order valence-electron chi connectivity index (χ4n) is 1.59. The molecule has 0 saturated carbocycles. The van der Waals surface area contributed by atoms with Crippen molar-refractivity contribution in [1.82, 2.24) is 10.3 Å². The summed E-state index contributed by atoms with van der Waals surface area (Å²) in [4.78, 5) is 16.6. The van der Waals surface area contributed by atoms with Crippen LogP contribution in [0, 0.1) is 0 Å². The van der Waals surface area contributed by atoms with Gasteiger partial charge in [0.15, 0.2) is 5.13 Å².